The minimum absolute atomic E-state index is 0.000714. The maximum atomic E-state index is 14.6. The van der Waals surface area contributed by atoms with Gasteiger partial charge in [0.25, 0.3) is 0 Å². The summed E-state index contributed by atoms with van der Waals surface area (Å²) in [6.45, 7) is 32.6. The van der Waals surface area contributed by atoms with Crippen LogP contribution in [0.4, 0.5) is 0 Å². The van der Waals surface area contributed by atoms with Gasteiger partial charge in [-0.3, -0.25) is 52.7 Å². The second-order valence-electron chi connectivity index (χ2n) is 25.9. The van der Waals surface area contributed by atoms with Crippen LogP contribution >= 0.6 is 0 Å². The molecule has 1 saturated heterocycles. The normalized spacial score (nSPS) is 17.8. The van der Waals surface area contributed by atoms with E-state index < -0.39 is 137 Å². The zero-order valence-electron chi connectivity index (χ0n) is 55.1. The van der Waals surface area contributed by atoms with Crippen LogP contribution in [0.5, 0.6) is 0 Å². The van der Waals surface area contributed by atoms with Gasteiger partial charge >= 0.3 is 0 Å². The molecule has 0 radical (unpaired) electrons. The molecular formula is C62H111N11O12. The van der Waals surface area contributed by atoms with E-state index in [2.05, 4.69) is 42.5 Å². The zero-order valence-corrected chi connectivity index (χ0v) is 55.1. The Kier molecular flexibility index (Phi) is 33.9. The molecule has 9 N–H and O–H groups in total. The molecule has 1 aliphatic heterocycles. The van der Waals surface area contributed by atoms with Crippen molar-refractivity contribution in [1.29, 1.82) is 0 Å². The average molecular weight is 1200 g/mol. The average Bonchev–Trinajstić information content (AvgIpc) is 3.86. The smallest absolute Gasteiger partial charge is 0.245 e. The molecule has 13 atom stereocenters. The van der Waals surface area contributed by atoms with Crippen LogP contribution in [0.2, 0.25) is 0 Å². The highest BCUT2D eigenvalue weighted by Gasteiger charge is 2.41. The van der Waals surface area contributed by atoms with Crippen molar-refractivity contribution >= 4 is 65.5 Å². The van der Waals surface area contributed by atoms with Gasteiger partial charge in [-0.05, 0) is 120 Å². The Morgan fingerprint density at radius 3 is 1.40 bits per heavy atom. The molecule has 1 heterocycles. The summed E-state index contributed by atoms with van der Waals surface area (Å²) in [6, 6.07) is -11.5. The highest BCUT2D eigenvalue weighted by Crippen LogP contribution is 2.21. The van der Waals surface area contributed by atoms with Gasteiger partial charge in [-0.25, -0.2) is 0 Å². The minimum atomic E-state index is -1.51. The zero-order chi connectivity index (χ0) is 65.3. The van der Waals surface area contributed by atoms with Crippen LogP contribution in [-0.4, -0.2) is 178 Å². The predicted molar refractivity (Wildman–Crippen MR) is 328 cm³/mol. The molecule has 23 nitrogen and oxygen atoms in total. The quantitative estimate of drug-likeness (QED) is 0.0319. The van der Waals surface area contributed by atoms with Gasteiger partial charge in [0.15, 0.2) is 0 Å². The van der Waals surface area contributed by atoms with Crippen LogP contribution < -0.4 is 42.5 Å². The van der Waals surface area contributed by atoms with Crippen LogP contribution in [0.25, 0.3) is 0 Å². The van der Waals surface area contributed by atoms with E-state index in [4.69, 9.17) is 0 Å². The molecular weight excluding hydrogens is 1090 g/mol. The molecule has 1 rings (SSSR count). The van der Waals surface area contributed by atoms with E-state index in [1.807, 2.05) is 81.4 Å². The Morgan fingerprint density at radius 1 is 0.518 bits per heavy atom. The summed E-state index contributed by atoms with van der Waals surface area (Å²) in [6.07, 6.45) is 6.86. The molecule has 0 aromatic carbocycles. The monoisotopic (exact) mass is 1200 g/mol. The number of nitrogens with one attached hydrogen (secondary N) is 8. The second kappa shape index (κ2) is 37.4. The predicted octanol–water partition coefficient (Wildman–Crippen LogP) is 3.46. The number of hydrogen-bond donors (Lipinski definition) is 9. The summed E-state index contributed by atoms with van der Waals surface area (Å²) in [5, 5.41) is 33.5. The number of carbonyl (C=O) groups excluding carboxylic acids is 11. The van der Waals surface area contributed by atoms with Crippen molar-refractivity contribution in [1.82, 2.24) is 57.2 Å². The number of aliphatic hydroxyl groups is 1. The summed E-state index contributed by atoms with van der Waals surface area (Å²) in [5.41, 5.74) is 0. The first-order valence-electron chi connectivity index (χ1n) is 31.0. The fourth-order valence-electron chi connectivity index (χ4n) is 10.1. The van der Waals surface area contributed by atoms with E-state index in [9.17, 15) is 57.8 Å². The van der Waals surface area contributed by atoms with E-state index in [0.29, 0.717) is 25.8 Å². The number of amides is 11. The van der Waals surface area contributed by atoms with Gasteiger partial charge in [-0.1, -0.05) is 116 Å². The lowest BCUT2D eigenvalue weighted by atomic mass is 9.92. The highest BCUT2D eigenvalue weighted by atomic mass is 16.3. The Labute approximate surface area is 508 Å². The number of nitrogens with zero attached hydrogens (tertiary/aromatic N) is 3. The fraction of sp³-hybridized carbons (Fsp3) is 0.790. The van der Waals surface area contributed by atoms with Crippen LogP contribution in [0, 0.1) is 41.4 Å². The third-order valence-corrected chi connectivity index (χ3v) is 15.4. The van der Waals surface area contributed by atoms with Gasteiger partial charge in [0.05, 0.1) is 6.10 Å². The van der Waals surface area contributed by atoms with E-state index >= 15 is 0 Å². The van der Waals surface area contributed by atoms with Gasteiger partial charge in [0.1, 0.15) is 60.4 Å². The van der Waals surface area contributed by atoms with Crippen molar-refractivity contribution in [3.05, 3.63) is 12.2 Å². The van der Waals surface area contributed by atoms with Crippen molar-refractivity contribution in [3.63, 3.8) is 0 Å². The van der Waals surface area contributed by atoms with Crippen molar-refractivity contribution in [2.24, 2.45) is 41.4 Å². The Balaban J connectivity index is 3.38. The first kappa shape index (κ1) is 76.9. The Hall–Kier alpha value is -6.13. The minimum Gasteiger partial charge on any atom is -0.390 e. The Bertz CT molecular complexity index is 2240. The molecule has 0 aliphatic carbocycles. The van der Waals surface area contributed by atoms with E-state index in [0.717, 1.165) is 19.3 Å². The van der Waals surface area contributed by atoms with Crippen LogP contribution in [0.3, 0.4) is 0 Å². The van der Waals surface area contributed by atoms with E-state index in [1.54, 1.807) is 46.4 Å². The van der Waals surface area contributed by atoms with Gasteiger partial charge in [-0.2, -0.15) is 0 Å². The molecule has 0 saturated carbocycles. The van der Waals surface area contributed by atoms with Crippen LogP contribution in [0.15, 0.2) is 12.2 Å². The van der Waals surface area contributed by atoms with Crippen molar-refractivity contribution in [2.45, 2.75) is 255 Å². The number of hydrogen-bond acceptors (Lipinski definition) is 12. The van der Waals surface area contributed by atoms with Gasteiger partial charge in [-0.15, -0.1) is 0 Å². The number of likely N-dealkylation sites (tertiary alicyclic amines) is 1. The standard InChI is InChI=1S/C62H111N11O12/c1-21-23-24-26-40(15)52(75)51(60(83)65-44(22-2)62(85)73-28-25-27-41(73)16)70-59(82)50(39(13)14)69-57(80)48(32-37(9)10)72(20)61(84)46(30-35(5)6)67-54(77)43(18)63-53(76)42(17)64-55(78)45(29-34(3)4)66-58(81)49(38(11)12)68-56(79)47(31-36(7)8)71(19)33-74/h23-24,33-52,75H,21-22,25-32H2,1-20H3,(H,63,76)(H,64,78)(H,65,83)(H,66,81)(H,67,77)(H,68,79)(H,69,80)(H,70,82)/b24-23+/t40-,41+,42?,43-,44?,45-,46+,47-,48+,49-,50+,51+,52-/m1/s1. The number of likely N-dealkylation sites (N-methyl/N-ethyl adjacent to an activating group) is 2. The van der Waals surface area contributed by atoms with Crippen LogP contribution in [-0.2, 0) is 52.7 Å². The van der Waals surface area contributed by atoms with E-state index in [-0.39, 0.29) is 61.3 Å². The highest BCUT2D eigenvalue weighted by molar-refractivity contribution is 5.99. The number of rotatable bonds is 37. The van der Waals surface area contributed by atoms with Crippen LogP contribution in [0.1, 0.15) is 182 Å². The molecule has 1 fully saturated rings. The molecule has 23 heteroatoms. The Morgan fingerprint density at radius 2 is 0.941 bits per heavy atom. The van der Waals surface area contributed by atoms with Gasteiger partial charge in [0, 0.05) is 26.7 Å². The summed E-state index contributed by atoms with van der Waals surface area (Å²) >= 11 is 0. The first-order valence-corrected chi connectivity index (χ1v) is 31.0. The fourth-order valence-corrected chi connectivity index (χ4v) is 10.1. The molecule has 85 heavy (non-hydrogen) atoms. The van der Waals surface area contributed by atoms with Crippen molar-refractivity contribution < 1.29 is 57.8 Å². The lowest BCUT2D eigenvalue weighted by molar-refractivity contribution is -0.144. The maximum absolute atomic E-state index is 14.6. The molecule has 0 spiro atoms. The molecule has 486 valence electrons. The largest absolute Gasteiger partial charge is 0.390 e. The summed E-state index contributed by atoms with van der Waals surface area (Å²) in [4.78, 5) is 156. The van der Waals surface area contributed by atoms with Gasteiger partial charge in [0.2, 0.25) is 65.5 Å². The lowest BCUT2D eigenvalue weighted by Gasteiger charge is -2.35. The third-order valence-electron chi connectivity index (χ3n) is 15.4. The number of allylic oxidation sites excluding steroid dienone is 2. The summed E-state index contributed by atoms with van der Waals surface area (Å²) in [7, 11) is 2.92. The second-order valence-corrected chi connectivity index (χ2v) is 25.9. The summed E-state index contributed by atoms with van der Waals surface area (Å²) < 4.78 is 0. The van der Waals surface area contributed by atoms with Crippen molar-refractivity contribution in [2.75, 3.05) is 20.6 Å². The molecule has 0 aromatic heterocycles. The molecule has 0 aromatic rings. The molecule has 1 aliphatic rings. The SMILES string of the molecule is CC/C=C/C[C@@H](C)[C@@H](O)[C@H](NC(=O)[C@@H](NC(=O)[C@H](CC(C)C)N(C)C(=O)[C@H](CC(C)C)NC(=O)[C@@H](C)NC(=O)C(C)NC(=O)[C@@H](CC(C)C)NC(=O)[C@H](NC(=O)[C@@H](CC(C)C)N(C)C=O)C(C)C)C(C)C)C(=O)NC(CC)C(=O)N1CCC[C@@H]1C. The third kappa shape index (κ3) is 25.4. The van der Waals surface area contributed by atoms with Gasteiger partial charge < -0.3 is 62.3 Å². The van der Waals surface area contributed by atoms with E-state index in [1.165, 1.54) is 37.7 Å². The molecule has 11 amide bonds. The molecule has 0 bridgehead atoms. The first-order chi connectivity index (χ1) is 39.5. The number of carbonyl (C=O) groups is 11. The molecule has 2 unspecified atom stereocenters. The summed E-state index contributed by atoms with van der Waals surface area (Å²) in [5.74, 6) is -8.21. The topological polar surface area (TPSA) is 314 Å². The lowest BCUT2D eigenvalue weighted by Crippen LogP contribution is -2.63. The maximum Gasteiger partial charge on any atom is 0.245 e. The number of aliphatic hydroxyl groups excluding tert-OH is 1. The van der Waals surface area contributed by atoms with Crippen molar-refractivity contribution in [3.8, 4) is 0 Å².